The average Bonchev–Trinajstić information content (AvgIpc) is 3.02. The molecular formula is C13H14BNO3. The smallest absolute Gasteiger partial charge is 0.405 e. The van der Waals surface area contributed by atoms with E-state index >= 15 is 0 Å². The maximum atomic E-state index is 11.5. The molecular weight excluding hydrogens is 229 g/mol. The Labute approximate surface area is 106 Å². The Morgan fingerprint density at radius 2 is 2.17 bits per heavy atom. The minimum absolute atomic E-state index is 0.0425. The predicted molar refractivity (Wildman–Crippen MR) is 68.4 cm³/mol. The third-order valence-corrected chi connectivity index (χ3v) is 3.14. The largest absolute Gasteiger partial charge is 0.494 e. The van der Waals surface area contributed by atoms with Crippen LogP contribution >= 0.6 is 0 Å². The van der Waals surface area contributed by atoms with Crippen molar-refractivity contribution in [1.82, 2.24) is 4.90 Å². The second-order valence-electron chi connectivity index (χ2n) is 4.48. The van der Waals surface area contributed by atoms with Gasteiger partial charge < -0.3 is 14.2 Å². The second kappa shape index (κ2) is 4.96. The van der Waals surface area contributed by atoms with Gasteiger partial charge in [-0.1, -0.05) is 36.4 Å². The van der Waals surface area contributed by atoms with E-state index in [1.54, 1.807) is 11.0 Å². The van der Waals surface area contributed by atoms with Gasteiger partial charge >= 0.3 is 7.12 Å². The molecule has 3 rings (SSSR count). The minimum Gasteiger partial charge on any atom is -0.405 e. The molecule has 2 aliphatic rings. The molecule has 1 fully saturated rings. The average molecular weight is 243 g/mol. The molecule has 4 nitrogen and oxygen atoms in total. The van der Waals surface area contributed by atoms with Crippen LogP contribution in [0.1, 0.15) is 0 Å². The van der Waals surface area contributed by atoms with Crippen molar-refractivity contribution in [1.29, 1.82) is 0 Å². The molecule has 18 heavy (non-hydrogen) atoms. The molecule has 92 valence electrons. The van der Waals surface area contributed by atoms with Crippen LogP contribution in [0, 0.1) is 0 Å². The number of hydrogen-bond acceptors (Lipinski definition) is 3. The molecule has 0 saturated carbocycles. The topological polar surface area (TPSA) is 38.8 Å². The Hall–Kier alpha value is -1.59. The van der Waals surface area contributed by atoms with E-state index in [1.165, 1.54) is 0 Å². The van der Waals surface area contributed by atoms with Gasteiger partial charge in [0.2, 0.25) is 5.91 Å². The van der Waals surface area contributed by atoms with E-state index in [9.17, 15) is 4.79 Å². The maximum absolute atomic E-state index is 11.5. The molecule has 1 aromatic carbocycles. The molecule has 0 spiro atoms. The van der Waals surface area contributed by atoms with Crippen molar-refractivity contribution in [2.45, 2.75) is 6.10 Å². The van der Waals surface area contributed by atoms with Crippen LogP contribution in [0.4, 0.5) is 0 Å². The summed E-state index contributed by atoms with van der Waals surface area (Å²) >= 11 is 0. The fraction of sp³-hybridized carbons (Fsp3) is 0.308. The van der Waals surface area contributed by atoms with E-state index < -0.39 is 0 Å². The van der Waals surface area contributed by atoms with Crippen LogP contribution in [0.25, 0.3) is 0 Å². The fourth-order valence-corrected chi connectivity index (χ4v) is 2.22. The Morgan fingerprint density at radius 1 is 1.33 bits per heavy atom. The molecule has 1 saturated heterocycles. The van der Waals surface area contributed by atoms with E-state index in [0.29, 0.717) is 19.7 Å². The molecule has 5 heteroatoms. The predicted octanol–water partition coefficient (Wildman–Crippen LogP) is 0.196. The van der Waals surface area contributed by atoms with Crippen LogP contribution in [0.2, 0.25) is 0 Å². The van der Waals surface area contributed by atoms with Gasteiger partial charge in [-0.3, -0.25) is 4.79 Å². The van der Waals surface area contributed by atoms with Crippen LogP contribution in [-0.2, 0) is 14.1 Å². The zero-order valence-electron chi connectivity index (χ0n) is 9.99. The summed E-state index contributed by atoms with van der Waals surface area (Å²) in [5.41, 5.74) is 1.02. The third-order valence-electron chi connectivity index (χ3n) is 3.14. The summed E-state index contributed by atoms with van der Waals surface area (Å²) in [6, 6.07) is 9.85. The minimum atomic E-state index is -0.304. The molecule has 0 aliphatic carbocycles. The molecule has 1 aromatic rings. The van der Waals surface area contributed by atoms with Gasteiger partial charge in [-0.2, -0.15) is 0 Å². The van der Waals surface area contributed by atoms with Crippen molar-refractivity contribution in [2.75, 3.05) is 19.7 Å². The van der Waals surface area contributed by atoms with Crippen LogP contribution in [0.15, 0.2) is 42.5 Å². The lowest BCUT2D eigenvalue weighted by molar-refractivity contribution is -0.125. The van der Waals surface area contributed by atoms with Gasteiger partial charge in [0.1, 0.15) is 0 Å². The maximum Gasteiger partial charge on any atom is 0.494 e. The zero-order valence-corrected chi connectivity index (χ0v) is 9.99. The zero-order chi connectivity index (χ0) is 12.4. The SMILES string of the molecule is O=C1C=CCN1CC1COB(c2ccccc2)O1. The number of benzene rings is 1. The van der Waals surface area contributed by atoms with Gasteiger partial charge in [0.15, 0.2) is 0 Å². The van der Waals surface area contributed by atoms with Crippen molar-refractivity contribution in [3.63, 3.8) is 0 Å². The third kappa shape index (κ3) is 2.32. The molecule has 2 heterocycles. The highest BCUT2D eigenvalue weighted by molar-refractivity contribution is 6.61. The Balaban J connectivity index is 1.57. The summed E-state index contributed by atoms with van der Waals surface area (Å²) in [7, 11) is -0.304. The van der Waals surface area contributed by atoms with E-state index in [0.717, 1.165) is 5.46 Å². The highest BCUT2D eigenvalue weighted by Gasteiger charge is 2.34. The lowest BCUT2D eigenvalue weighted by Crippen LogP contribution is -2.37. The van der Waals surface area contributed by atoms with Gasteiger partial charge in [0.05, 0.1) is 12.7 Å². The van der Waals surface area contributed by atoms with Crippen LogP contribution in [0.5, 0.6) is 0 Å². The number of hydrogen-bond donors (Lipinski definition) is 0. The first-order valence-corrected chi connectivity index (χ1v) is 6.10. The van der Waals surface area contributed by atoms with Crippen molar-refractivity contribution >= 4 is 18.5 Å². The van der Waals surface area contributed by atoms with Crippen molar-refractivity contribution in [3.05, 3.63) is 42.5 Å². The van der Waals surface area contributed by atoms with Gasteiger partial charge in [-0.05, 0) is 5.46 Å². The lowest BCUT2D eigenvalue weighted by Gasteiger charge is -2.19. The standard InChI is InChI=1S/C13H14BNO3/c16-13-7-4-8-15(13)9-12-10-17-14(18-12)11-5-2-1-3-6-11/h1-7,12H,8-10H2. The molecule has 0 aromatic heterocycles. The van der Waals surface area contributed by atoms with Crippen LogP contribution in [0.3, 0.4) is 0 Å². The van der Waals surface area contributed by atoms with Crippen LogP contribution < -0.4 is 5.46 Å². The number of carbonyl (C=O) groups excluding carboxylic acids is 1. The number of carbonyl (C=O) groups is 1. The highest BCUT2D eigenvalue weighted by Crippen LogP contribution is 2.12. The molecule has 1 unspecified atom stereocenters. The van der Waals surface area contributed by atoms with Crippen molar-refractivity contribution < 1.29 is 14.1 Å². The number of rotatable bonds is 3. The van der Waals surface area contributed by atoms with Crippen molar-refractivity contribution in [3.8, 4) is 0 Å². The van der Waals surface area contributed by atoms with E-state index in [-0.39, 0.29) is 19.1 Å². The number of amides is 1. The molecule has 2 aliphatic heterocycles. The molecule has 0 N–H and O–H groups in total. The quantitative estimate of drug-likeness (QED) is 0.711. The summed E-state index contributed by atoms with van der Waals surface area (Å²) in [6.07, 6.45) is 3.43. The van der Waals surface area contributed by atoms with E-state index in [1.807, 2.05) is 36.4 Å². The molecule has 1 amide bonds. The summed E-state index contributed by atoms with van der Waals surface area (Å²) < 4.78 is 11.4. The normalized spacial score (nSPS) is 23.1. The van der Waals surface area contributed by atoms with Gasteiger partial charge in [-0.15, -0.1) is 0 Å². The fourth-order valence-electron chi connectivity index (χ4n) is 2.22. The molecule has 0 bridgehead atoms. The lowest BCUT2D eigenvalue weighted by atomic mass is 9.79. The van der Waals surface area contributed by atoms with E-state index in [2.05, 4.69) is 0 Å². The Bertz CT molecular complexity index is 463. The van der Waals surface area contributed by atoms with E-state index in [4.69, 9.17) is 9.31 Å². The second-order valence-corrected chi connectivity index (χ2v) is 4.48. The monoisotopic (exact) mass is 243 g/mol. The summed E-state index contributed by atoms with van der Waals surface area (Å²) in [4.78, 5) is 13.2. The number of nitrogens with zero attached hydrogens (tertiary/aromatic N) is 1. The van der Waals surface area contributed by atoms with Crippen molar-refractivity contribution in [2.24, 2.45) is 0 Å². The summed E-state index contributed by atoms with van der Waals surface area (Å²) in [5.74, 6) is 0.0572. The Morgan fingerprint density at radius 3 is 2.89 bits per heavy atom. The summed E-state index contributed by atoms with van der Waals surface area (Å²) in [5, 5.41) is 0. The first kappa shape index (κ1) is 11.5. The molecule has 0 radical (unpaired) electrons. The van der Waals surface area contributed by atoms with Gasteiger partial charge in [0, 0.05) is 19.2 Å². The first-order chi connectivity index (χ1) is 8.83. The van der Waals surface area contributed by atoms with Crippen LogP contribution in [-0.4, -0.2) is 43.7 Å². The van der Waals surface area contributed by atoms with Gasteiger partial charge in [-0.25, -0.2) is 0 Å². The van der Waals surface area contributed by atoms with Gasteiger partial charge in [0.25, 0.3) is 0 Å². The first-order valence-electron chi connectivity index (χ1n) is 6.10. The highest BCUT2D eigenvalue weighted by atomic mass is 16.6. The molecule has 1 atom stereocenters. The summed E-state index contributed by atoms with van der Waals surface area (Å²) in [6.45, 7) is 1.80. The Kier molecular flexibility index (Phi) is 3.17.